The Kier molecular flexibility index (Phi) is 9.44. The fourth-order valence-electron chi connectivity index (χ4n) is 4.79. The van der Waals surface area contributed by atoms with E-state index in [4.69, 9.17) is 10.00 Å². The first kappa shape index (κ1) is 27.9. The van der Waals surface area contributed by atoms with Crippen LogP contribution in [-0.4, -0.2) is 88.6 Å². The van der Waals surface area contributed by atoms with Gasteiger partial charge in [0.05, 0.1) is 30.0 Å². The lowest BCUT2D eigenvalue weighted by Gasteiger charge is -2.42. The number of likely N-dealkylation sites (N-methyl/N-ethyl adjacent to an activating group) is 2. The summed E-state index contributed by atoms with van der Waals surface area (Å²) in [5.41, 5.74) is 0.476. The van der Waals surface area contributed by atoms with Crippen molar-refractivity contribution in [3.8, 4) is 6.07 Å². The normalized spacial score (nSPS) is 17.5. The predicted molar refractivity (Wildman–Crippen MR) is 139 cm³/mol. The summed E-state index contributed by atoms with van der Waals surface area (Å²) in [5, 5.41) is 9.63. The van der Waals surface area contributed by atoms with E-state index < -0.39 is 0 Å². The molecule has 200 valence electrons. The maximum atomic E-state index is 13.2. The summed E-state index contributed by atoms with van der Waals surface area (Å²) in [5.74, 6) is 0.460. The average molecular weight is 512 g/mol. The van der Waals surface area contributed by atoms with Crippen molar-refractivity contribution in [1.82, 2.24) is 24.3 Å². The minimum absolute atomic E-state index is 0.000899. The minimum Gasteiger partial charge on any atom is -0.464 e. The Balaban J connectivity index is 1.74. The van der Waals surface area contributed by atoms with Crippen molar-refractivity contribution >= 4 is 34.8 Å². The summed E-state index contributed by atoms with van der Waals surface area (Å²) in [4.78, 5) is 51.7. The third kappa shape index (κ3) is 6.18. The molecule has 0 unspecified atom stereocenters. The smallest absolute Gasteiger partial charge is 0.329 e. The molecule has 1 aliphatic heterocycles. The van der Waals surface area contributed by atoms with Crippen LogP contribution in [0.5, 0.6) is 0 Å². The fourth-order valence-corrected chi connectivity index (χ4v) is 4.79. The van der Waals surface area contributed by atoms with Crippen LogP contribution in [0.1, 0.15) is 46.5 Å². The van der Waals surface area contributed by atoms with Crippen LogP contribution < -0.4 is 4.90 Å². The van der Waals surface area contributed by atoms with Crippen LogP contribution in [0.4, 0.5) is 10.6 Å². The molecule has 2 atom stereocenters. The van der Waals surface area contributed by atoms with Gasteiger partial charge < -0.3 is 19.4 Å². The van der Waals surface area contributed by atoms with Gasteiger partial charge in [0.25, 0.3) is 0 Å². The molecule has 11 heteroatoms. The topological polar surface area (TPSA) is 125 Å². The van der Waals surface area contributed by atoms with Gasteiger partial charge in [0.1, 0.15) is 25.2 Å². The van der Waals surface area contributed by atoms with Crippen LogP contribution in [0.3, 0.4) is 0 Å². The monoisotopic (exact) mass is 511 g/mol. The van der Waals surface area contributed by atoms with E-state index in [9.17, 15) is 14.4 Å². The van der Waals surface area contributed by atoms with E-state index in [0.29, 0.717) is 30.5 Å². The molecule has 37 heavy (non-hydrogen) atoms. The molecule has 0 bridgehead atoms. The van der Waals surface area contributed by atoms with Crippen molar-refractivity contribution < 1.29 is 19.1 Å². The van der Waals surface area contributed by atoms with Crippen LogP contribution in [0.15, 0.2) is 18.6 Å². The number of rotatable bonds is 9. The molecule has 11 nitrogen and oxygen atoms in total. The fraction of sp³-hybridized carbons (Fsp3) is 0.615. The van der Waals surface area contributed by atoms with Crippen molar-refractivity contribution in [1.29, 1.82) is 5.26 Å². The van der Waals surface area contributed by atoms with Crippen molar-refractivity contribution in [3.63, 3.8) is 0 Å². The number of carbonyl (C=O) groups excluding carboxylic acids is 3. The first-order chi connectivity index (χ1) is 17.7. The zero-order valence-electron chi connectivity index (χ0n) is 22.4. The lowest BCUT2D eigenvalue weighted by atomic mass is 9.92. The van der Waals surface area contributed by atoms with Crippen LogP contribution in [0.2, 0.25) is 0 Å². The highest BCUT2D eigenvalue weighted by molar-refractivity contribution is 5.94. The Morgan fingerprint density at radius 3 is 2.65 bits per heavy atom. The van der Waals surface area contributed by atoms with E-state index in [1.165, 1.54) is 15.8 Å². The molecule has 2 aromatic heterocycles. The molecule has 2 aromatic rings. The second-order valence-electron chi connectivity index (χ2n) is 9.62. The lowest BCUT2D eigenvalue weighted by molar-refractivity contribution is -0.149. The third-order valence-corrected chi connectivity index (χ3v) is 7.32. The number of hydrogen-bond acceptors (Lipinski definition) is 8. The maximum Gasteiger partial charge on any atom is 0.329 e. The number of amides is 2. The van der Waals surface area contributed by atoms with E-state index in [1.54, 1.807) is 18.1 Å². The van der Waals surface area contributed by atoms with Crippen molar-refractivity contribution in [2.24, 2.45) is 11.8 Å². The number of esters is 1. The molecule has 1 aliphatic rings. The van der Waals surface area contributed by atoms with Crippen LogP contribution in [-0.2, 0) is 14.3 Å². The van der Waals surface area contributed by atoms with Gasteiger partial charge in [-0.05, 0) is 31.2 Å². The van der Waals surface area contributed by atoms with Crippen LogP contribution >= 0.6 is 0 Å². The summed E-state index contributed by atoms with van der Waals surface area (Å²) in [6, 6.07) is 3.46. The SMILES string of the molecule is CCC(CC)C(=O)OCCN(C)C(=O)n1ccc2c(N(C)[C@H]3CN(C(=O)CC#N)CC[C@H]3C)ncnc21. The number of hydrogen-bond donors (Lipinski definition) is 0. The van der Waals surface area contributed by atoms with Gasteiger partial charge in [0, 0.05) is 33.4 Å². The number of likely N-dealkylation sites (tertiary alicyclic amines) is 1. The first-order valence-corrected chi connectivity index (χ1v) is 12.8. The minimum atomic E-state index is -0.291. The Labute approximate surface area is 218 Å². The van der Waals surface area contributed by atoms with Gasteiger partial charge in [-0.25, -0.2) is 14.8 Å². The van der Waals surface area contributed by atoms with Gasteiger partial charge in [0.15, 0.2) is 5.65 Å². The summed E-state index contributed by atoms with van der Waals surface area (Å²) in [6.45, 7) is 7.57. The van der Waals surface area contributed by atoms with Gasteiger partial charge in [-0.15, -0.1) is 0 Å². The number of piperidine rings is 1. The van der Waals surface area contributed by atoms with Gasteiger partial charge in [-0.2, -0.15) is 5.26 Å². The number of anilines is 1. The quantitative estimate of drug-likeness (QED) is 0.471. The van der Waals surface area contributed by atoms with Crippen LogP contribution in [0.25, 0.3) is 11.0 Å². The highest BCUT2D eigenvalue weighted by Gasteiger charge is 2.33. The Hall–Kier alpha value is -3.68. The van der Waals surface area contributed by atoms with Crippen LogP contribution in [0, 0.1) is 23.2 Å². The summed E-state index contributed by atoms with van der Waals surface area (Å²) in [6.07, 6.45) is 5.25. The summed E-state index contributed by atoms with van der Waals surface area (Å²) >= 11 is 0. The average Bonchev–Trinajstić information content (AvgIpc) is 3.33. The van der Waals surface area contributed by atoms with E-state index in [0.717, 1.165) is 24.6 Å². The molecule has 0 N–H and O–H groups in total. The molecular weight excluding hydrogens is 474 g/mol. The van der Waals surface area contributed by atoms with Gasteiger partial charge in [-0.1, -0.05) is 20.8 Å². The zero-order valence-corrected chi connectivity index (χ0v) is 22.4. The lowest BCUT2D eigenvalue weighted by Crippen LogP contribution is -2.52. The molecule has 2 amide bonds. The second-order valence-corrected chi connectivity index (χ2v) is 9.62. The molecule has 0 radical (unpaired) electrons. The van der Waals surface area contributed by atoms with Crippen molar-refractivity contribution in [2.75, 3.05) is 45.2 Å². The highest BCUT2D eigenvalue weighted by atomic mass is 16.5. The number of ether oxygens (including phenoxy) is 1. The number of nitrogens with zero attached hydrogens (tertiary/aromatic N) is 7. The molecule has 0 spiro atoms. The van der Waals surface area contributed by atoms with Gasteiger partial charge in [0.2, 0.25) is 5.91 Å². The highest BCUT2D eigenvalue weighted by Crippen LogP contribution is 2.29. The molecule has 1 saturated heterocycles. The largest absolute Gasteiger partial charge is 0.464 e. The van der Waals surface area contributed by atoms with Crippen molar-refractivity contribution in [3.05, 3.63) is 18.6 Å². The van der Waals surface area contributed by atoms with Gasteiger partial charge >= 0.3 is 12.0 Å². The van der Waals surface area contributed by atoms with Gasteiger partial charge in [-0.3, -0.25) is 14.2 Å². The second kappa shape index (κ2) is 12.5. The third-order valence-electron chi connectivity index (χ3n) is 7.32. The predicted octanol–water partition coefficient (Wildman–Crippen LogP) is 2.90. The Bertz CT molecular complexity index is 1150. The standard InChI is InChI=1S/C26H37N7O4/c1-6-19(7-2)25(35)37-15-14-30(4)26(36)33-13-10-20-23(28-17-29-24(20)33)31(5)21-16-32(12-9-18(21)3)22(34)8-11-27/h10,13,17-19,21H,6-9,12,14-16H2,1-5H3/t18-,21+/m1/s1. The van der Waals surface area contributed by atoms with E-state index in [2.05, 4.69) is 16.9 Å². The Morgan fingerprint density at radius 2 is 1.97 bits per heavy atom. The maximum absolute atomic E-state index is 13.2. The summed E-state index contributed by atoms with van der Waals surface area (Å²) < 4.78 is 6.82. The summed E-state index contributed by atoms with van der Waals surface area (Å²) in [7, 11) is 3.59. The van der Waals surface area contributed by atoms with Crippen molar-refractivity contribution in [2.45, 2.75) is 52.5 Å². The van der Waals surface area contributed by atoms with E-state index >= 15 is 0 Å². The molecule has 0 aromatic carbocycles. The molecule has 3 heterocycles. The number of aromatic nitrogens is 3. The first-order valence-electron chi connectivity index (χ1n) is 12.8. The molecule has 3 rings (SSSR count). The van der Waals surface area contributed by atoms with E-state index in [1.807, 2.05) is 37.9 Å². The zero-order chi connectivity index (χ0) is 27.1. The number of carbonyl (C=O) groups is 3. The number of nitriles is 1. The molecule has 1 fully saturated rings. The van der Waals surface area contributed by atoms with E-state index in [-0.39, 0.29) is 49.4 Å². The molecular formula is C26H37N7O4. The number of fused-ring (bicyclic) bond motifs is 1. The molecule has 0 saturated carbocycles. The Morgan fingerprint density at radius 1 is 1.24 bits per heavy atom. The molecule has 0 aliphatic carbocycles.